The molecule has 9 nitrogen and oxygen atoms in total. The van der Waals surface area contributed by atoms with Crippen molar-refractivity contribution in [2.75, 3.05) is 31.1 Å². The molecule has 0 unspecified atom stereocenters. The van der Waals surface area contributed by atoms with Crippen molar-refractivity contribution in [3.05, 3.63) is 16.2 Å². The molecule has 2 aromatic rings. The van der Waals surface area contributed by atoms with Crippen LogP contribution in [0.4, 0.5) is 5.95 Å². The minimum Gasteiger partial charge on any atom is -0.475 e. The van der Waals surface area contributed by atoms with E-state index in [1.807, 2.05) is 11.5 Å². The lowest BCUT2D eigenvalue weighted by molar-refractivity contribution is 0.0678. The Morgan fingerprint density at radius 2 is 2.00 bits per heavy atom. The Labute approximate surface area is 126 Å². The minimum atomic E-state index is -1.24. The lowest BCUT2D eigenvalue weighted by atomic mass is 10.4. The molecule has 0 atom stereocenters. The van der Waals surface area contributed by atoms with Gasteiger partial charge in [0.2, 0.25) is 11.8 Å². The molecule has 0 aromatic carbocycles. The highest BCUT2D eigenvalue weighted by Crippen LogP contribution is 2.19. The number of piperazine rings is 1. The SMILES string of the molecule is CCn1c(N2CCNCC2)nc2nc(C(=O)O)n(C)c(=O)c21. The van der Waals surface area contributed by atoms with Crippen molar-refractivity contribution in [1.82, 2.24) is 24.4 Å². The summed E-state index contributed by atoms with van der Waals surface area (Å²) in [6, 6.07) is 0. The van der Waals surface area contributed by atoms with Crippen LogP contribution in [0.25, 0.3) is 11.2 Å². The number of rotatable bonds is 3. The van der Waals surface area contributed by atoms with E-state index >= 15 is 0 Å². The average molecular weight is 306 g/mol. The number of carboxylic acid groups (broad SMARTS) is 1. The number of fused-ring (bicyclic) bond motifs is 1. The van der Waals surface area contributed by atoms with E-state index in [-0.39, 0.29) is 11.5 Å². The highest BCUT2D eigenvalue weighted by Gasteiger charge is 2.23. The third-order valence-corrected chi connectivity index (χ3v) is 3.87. The molecule has 1 aliphatic rings. The van der Waals surface area contributed by atoms with Crippen LogP contribution in [0.5, 0.6) is 0 Å². The molecule has 1 saturated heterocycles. The van der Waals surface area contributed by atoms with Crippen LogP contribution in [0.15, 0.2) is 4.79 Å². The van der Waals surface area contributed by atoms with Crippen LogP contribution in [0, 0.1) is 0 Å². The fourth-order valence-electron chi connectivity index (χ4n) is 2.75. The molecule has 3 heterocycles. The summed E-state index contributed by atoms with van der Waals surface area (Å²) in [6.07, 6.45) is 0. The molecule has 0 amide bonds. The van der Waals surface area contributed by atoms with E-state index in [0.29, 0.717) is 18.0 Å². The maximum Gasteiger partial charge on any atom is 0.372 e. The molecule has 1 aliphatic heterocycles. The Bertz CT molecular complexity index is 787. The van der Waals surface area contributed by atoms with Gasteiger partial charge in [0, 0.05) is 39.8 Å². The fraction of sp³-hybridized carbons (Fsp3) is 0.538. The lowest BCUT2D eigenvalue weighted by Crippen LogP contribution is -2.44. The summed E-state index contributed by atoms with van der Waals surface area (Å²) < 4.78 is 2.86. The zero-order valence-corrected chi connectivity index (χ0v) is 12.5. The number of nitrogens with one attached hydrogen (secondary N) is 1. The Balaban J connectivity index is 2.25. The van der Waals surface area contributed by atoms with Crippen molar-refractivity contribution in [3.8, 4) is 0 Å². The summed E-state index contributed by atoms with van der Waals surface area (Å²) in [6.45, 7) is 5.76. The number of carbonyl (C=O) groups is 1. The Morgan fingerprint density at radius 3 is 2.59 bits per heavy atom. The maximum atomic E-state index is 12.5. The summed E-state index contributed by atoms with van der Waals surface area (Å²) in [5.41, 5.74) is 0.151. The molecule has 9 heteroatoms. The van der Waals surface area contributed by atoms with E-state index in [2.05, 4.69) is 20.2 Å². The lowest BCUT2D eigenvalue weighted by Gasteiger charge is -2.28. The van der Waals surface area contributed by atoms with Gasteiger partial charge in [0.1, 0.15) is 0 Å². The fourth-order valence-corrected chi connectivity index (χ4v) is 2.75. The summed E-state index contributed by atoms with van der Waals surface area (Å²) >= 11 is 0. The van der Waals surface area contributed by atoms with Gasteiger partial charge >= 0.3 is 5.97 Å². The number of aromatic carboxylic acids is 1. The van der Waals surface area contributed by atoms with Crippen molar-refractivity contribution in [1.29, 1.82) is 0 Å². The Morgan fingerprint density at radius 1 is 1.32 bits per heavy atom. The van der Waals surface area contributed by atoms with E-state index < -0.39 is 11.5 Å². The maximum absolute atomic E-state index is 12.5. The Hall–Kier alpha value is -2.42. The van der Waals surface area contributed by atoms with E-state index in [9.17, 15) is 9.59 Å². The second kappa shape index (κ2) is 5.41. The van der Waals surface area contributed by atoms with Gasteiger partial charge < -0.3 is 19.9 Å². The monoisotopic (exact) mass is 306 g/mol. The molecular weight excluding hydrogens is 288 g/mol. The normalized spacial score (nSPS) is 15.5. The first-order valence-corrected chi connectivity index (χ1v) is 7.20. The smallest absolute Gasteiger partial charge is 0.372 e. The molecule has 3 rings (SSSR count). The highest BCUT2D eigenvalue weighted by atomic mass is 16.4. The average Bonchev–Trinajstić information content (AvgIpc) is 2.90. The molecule has 1 fully saturated rings. The van der Waals surface area contributed by atoms with Crippen molar-refractivity contribution in [2.24, 2.45) is 7.05 Å². The summed E-state index contributed by atoms with van der Waals surface area (Å²) in [5.74, 6) is -0.868. The quantitative estimate of drug-likeness (QED) is 0.769. The first-order chi connectivity index (χ1) is 10.5. The third-order valence-electron chi connectivity index (χ3n) is 3.87. The Kier molecular flexibility index (Phi) is 3.57. The van der Waals surface area contributed by atoms with Crippen LogP contribution in [0.1, 0.15) is 17.5 Å². The van der Waals surface area contributed by atoms with Gasteiger partial charge in [-0.15, -0.1) is 0 Å². The molecule has 2 aromatic heterocycles. The number of imidazole rings is 1. The molecule has 0 spiro atoms. The molecule has 0 bridgehead atoms. The van der Waals surface area contributed by atoms with Gasteiger partial charge in [0.25, 0.3) is 5.56 Å². The van der Waals surface area contributed by atoms with E-state index in [4.69, 9.17) is 5.11 Å². The topological polar surface area (TPSA) is 105 Å². The van der Waals surface area contributed by atoms with Gasteiger partial charge in [-0.25, -0.2) is 9.78 Å². The molecule has 2 N–H and O–H groups in total. The zero-order chi connectivity index (χ0) is 15.9. The predicted molar refractivity (Wildman–Crippen MR) is 80.5 cm³/mol. The standard InChI is InChI=1S/C13H18N6O3/c1-3-19-8-9(15-10(12(21)22)17(2)11(8)20)16-13(19)18-6-4-14-5-7-18/h14H,3-7H2,1-2H3,(H,21,22). The van der Waals surface area contributed by atoms with Gasteiger partial charge in [0.05, 0.1) is 0 Å². The number of carboxylic acids is 1. The highest BCUT2D eigenvalue weighted by molar-refractivity contribution is 5.86. The van der Waals surface area contributed by atoms with Crippen LogP contribution in [0.2, 0.25) is 0 Å². The minimum absolute atomic E-state index is 0.191. The molecule has 0 saturated carbocycles. The summed E-state index contributed by atoms with van der Waals surface area (Å²) in [4.78, 5) is 34.3. The molecule has 0 aliphatic carbocycles. The number of hydrogen-bond donors (Lipinski definition) is 2. The third kappa shape index (κ3) is 2.13. The number of nitrogens with zero attached hydrogens (tertiary/aromatic N) is 5. The second-order valence-corrected chi connectivity index (χ2v) is 5.17. The number of aromatic nitrogens is 4. The van der Waals surface area contributed by atoms with Crippen LogP contribution in [0.3, 0.4) is 0 Å². The van der Waals surface area contributed by atoms with Gasteiger partial charge in [-0.3, -0.25) is 9.36 Å². The van der Waals surface area contributed by atoms with Crippen molar-refractivity contribution < 1.29 is 9.90 Å². The van der Waals surface area contributed by atoms with Gasteiger partial charge in [-0.1, -0.05) is 0 Å². The van der Waals surface area contributed by atoms with Crippen molar-refractivity contribution in [2.45, 2.75) is 13.5 Å². The zero-order valence-electron chi connectivity index (χ0n) is 12.5. The number of hydrogen-bond acceptors (Lipinski definition) is 6. The van der Waals surface area contributed by atoms with Crippen LogP contribution in [-0.2, 0) is 13.6 Å². The number of anilines is 1. The van der Waals surface area contributed by atoms with E-state index in [0.717, 1.165) is 30.7 Å². The largest absolute Gasteiger partial charge is 0.475 e. The first-order valence-electron chi connectivity index (χ1n) is 7.20. The predicted octanol–water partition coefficient (Wildman–Crippen LogP) is -0.742. The van der Waals surface area contributed by atoms with Gasteiger partial charge in [-0.05, 0) is 6.92 Å². The number of aryl methyl sites for hydroxylation is 1. The van der Waals surface area contributed by atoms with Crippen LogP contribution < -0.4 is 15.8 Å². The summed E-state index contributed by atoms with van der Waals surface area (Å²) in [7, 11) is 1.41. The first kappa shape index (κ1) is 14.5. The molecular formula is C13H18N6O3. The van der Waals surface area contributed by atoms with Crippen molar-refractivity contribution >= 4 is 23.1 Å². The molecule has 22 heavy (non-hydrogen) atoms. The van der Waals surface area contributed by atoms with Crippen LogP contribution >= 0.6 is 0 Å². The van der Waals surface area contributed by atoms with Gasteiger partial charge in [-0.2, -0.15) is 4.98 Å². The summed E-state index contributed by atoms with van der Waals surface area (Å²) in [5, 5.41) is 12.4. The van der Waals surface area contributed by atoms with E-state index in [1.54, 1.807) is 0 Å². The van der Waals surface area contributed by atoms with Crippen LogP contribution in [-0.4, -0.2) is 56.4 Å². The molecule has 118 valence electrons. The molecule has 0 radical (unpaired) electrons. The van der Waals surface area contributed by atoms with Crippen molar-refractivity contribution in [3.63, 3.8) is 0 Å². The van der Waals surface area contributed by atoms with E-state index in [1.165, 1.54) is 7.05 Å². The van der Waals surface area contributed by atoms with Gasteiger partial charge in [0.15, 0.2) is 11.2 Å². The second-order valence-electron chi connectivity index (χ2n) is 5.17.